The van der Waals surface area contributed by atoms with Crippen LogP contribution in [0.2, 0.25) is 0 Å². The Morgan fingerprint density at radius 3 is 2.56 bits per heavy atom. The standard InChI is InChI=1S/C23H32N4O7/c24-20(29)19(28)17(26-21(30)18-15-9-10-16(12-15)27(18)23(32)33)8-4-5-11-25-22(31)34-13-14-6-2-1-3-7-14/h1-3,6-7,15-19,28H,4-5,8-13H2,(H2,24,29)(H,25,31)(H,26,30)(H,32,33)/t15?,16?,17?,18-,19?/m0/s1. The van der Waals surface area contributed by atoms with Crippen LogP contribution in [0.15, 0.2) is 30.3 Å². The van der Waals surface area contributed by atoms with Crippen LogP contribution in [-0.4, -0.2) is 69.9 Å². The highest BCUT2D eigenvalue weighted by molar-refractivity contribution is 5.88. The number of fused-ring (bicyclic) bond motifs is 2. The summed E-state index contributed by atoms with van der Waals surface area (Å²) in [5, 5.41) is 25.0. The van der Waals surface area contributed by atoms with Crippen LogP contribution in [0.25, 0.3) is 0 Å². The molecule has 4 unspecified atom stereocenters. The number of carbonyl (C=O) groups excluding carboxylic acids is 3. The molecule has 1 aromatic rings. The molecule has 1 aliphatic heterocycles. The zero-order valence-electron chi connectivity index (χ0n) is 18.9. The number of likely N-dealkylation sites (tertiary alicyclic amines) is 1. The van der Waals surface area contributed by atoms with Crippen molar-refractivity contribution >= 4 is 24.0 Å². The minimum absolute atomic E-state index is 0.0708. The van der Waals surface area contributed by atoms with Crippen LogP contribution in [0.3, 0.4) is 0 Å². The van der Waals surface area contributed by atoms with Crippen LogP contribution in [-0.2, 0) is 20.9 Å². The third-order valence-corrected chi connectivity index (χ3v) is 6.50. The molecule has 0 aromatic heterocycles. The molecule has 186 valence electrons. The smallest absolute Gasteiger partial charge is 0.408 e. The Hall–Kier alpha value is -3.34. The monoisotopic (exact) mass is 476 g/mol. The molecule has 1 aliphatic carbocycles. The summed E-state index contributed by atoms with van der Waals surface area (Å²) < 4.78 is 5.13. The lowest BCUT2D eigenvalue weighted by Crippen LogP contribution is -2.57. The SMILES string of the molecule is NC(=O)C(O)C(CCCCNC(=O)OCc1ccccc1)NC(=O)[C@@H]1C2CCC(C2)N1C(=O)O. The fourth-order valence-electron chi connectivity index (χ4n) is 4.83. The largest absolute Gasteiger partial charge is 0.465 e. The summed E-state index contributed by atoms with van der Waals surface area (Å²) in [6.07, 6.45) is 0.0203. The summed E-state index contributed by atoms with van der Waals surface area (Å²) in [6, 6.07) is 7.30. The predicted molar refractivity (Wildman–Crippen MR) is 120 cm³/mol. The fourth-order valence-corrected chi connectivity index (χ4v) is 4.83. The molecular formula is C23H32N4O7. The number of primary amides is 1. The second-order valence-corrected chi connectivity index (χ2v) is 8.81. The van der Waals surface area contributed by atoms with Gasteiger partial charge in [-0.25, -0.2) is 9.59 Å². The number of nitrogens with one attached hydrogen (secondary N) is 2. The highest BCUT2D eigenvalue weighted by Gasteiger charge is 2.51. The van der Waals surface area contributed by atoms with Gasteiger partial charge in [0, 0.05) is 12.6 Å². The number of piperidine rings is 1. The molecule has 2 aliphatic rings. The van der Waals surface area contributed by atoms with E-state index in [-0.39, 0.29) is 25.0 Å². The van der Waals surface area contributed by atoms with Gasteiger partial charge >= 0.3 is 12.2 Å². The summed E-state index contributed by atoms with van der Waals surface area (Å²) in [6.45, 7) is 0.460. The molecule has 1 aromatic carbocycles. The molecule has 1 heterocycles. The molecule has 3 rings (SSSR count). The van der Waals surface area contributed by atoms with Crippen molar-refractivity contribution in [2.45, 2.75) is 69.4 Å². The van der Waals surface area contributed by atoms with E-state index in [0.29, 0.717) is 25.8 Å². The maximum absolute atomic E-state index is 12.9. The Kier molecular flexibility index (Phi) is 8.69. The van der Waals surface area contributed by atoms with Gasteiger partial charge in [-0.15, -0.1) is 0 Å². The first kappa shape index (κ1) is 25.3. The van der Waals surface area contributed by atoms with Crippen LogP contribution in [0.4, 0.5) is 9.59 Å². The number of nitrogens with two attached hydrogens (primary N) is 1. The fraction of sp³-hybridized carbons (Fsp3) is 0.565. The molecular weight excluding hydrogens is 444 g/mol. The van der Waals surface area contributed by atoms with Crippen LogP contribution in [0.5, 0.6) is 0 Å². The van der Waals surface area contributed by atoms with Gasteiger partial charge in [-0.2, -0.15) is 0 Å². The van der Waals surface area contributed by atoms with E-state index < -0.39 is 42.2 Å². The lowest BCUT2D eigenvalue weighted by Gasteiger charge is -2.33. The number of rotatable bonds is 11. The summed E-state index contributed by atoms with van der Waals surface area (Å²) >= 11 is 0. The Balaban J connectivity index is 1.44. The molecule has 6 N–H and O–H groups in total. The van der Waals surface area contributed by atoms with Gasteiger partial charge in [0.1, 0.15) is 12.6 Å². The first-order chi connectivity index (χ1) is 16.3. The average molecular weight is 477 g/mol. The molecule has 2 fully saturated rings. The zero-order valence-corrected chi connectivity index (χ0v) is 18.9. The molecule has 11 heteroatoms. The van der Waals surface area contributed by atoms with E-state index in [1.807, 2.05) is 30.3 Å². The molecule has 1 saturated carbocycles. The summed E-state index contributed by atoms with van der Waals surface area (Å²) in [5.74, 6) is -1.57. The molecule has 34 heavy (non-hydrogen) atoms. The number of benzene rings is 1. The number of carbonyl (C=O) groups is 4. The number of nitrogens with zero attached hydrogens (tertiary/aromatic N) is 1. The van der Waals surface area contributed by atoms with Gasteiger partial charge in [-0.05, 0) is 50.0 Å². The third-order valence-electron chi connectivity index (χ3n) is 6.50. The van der Waals surface area contributed by atoms with Gasteiger partial charge < -0.3 is 31.3 Å². The van der Waals surface area contributed by atoms with Crippen molar-refractivity contribution in [3.8, 4) is 0 Å². The number of unbranched alkanes of at least 4 members (excludes halogenated alkanes) is 1. The number of alkyl carbamates (subject to hydrolysis) is 1. The minimum atomic E-state index is -1.61. The van der Waals surface area contributed by atoms with Crippen LogP contribution >= 0.6 is 0 Å². The lowest BCUT2D eigenvalue weighted by atomic mass is 9.96. The first-order valence-corrected chi connectivity index (χ1v) is 11.5. The number of amides is 4. The van der Waals surface area contributed by atoms with Crippen molar-refractivity contribution in [3.63, 3.8) is 0 Å². The third kappa shape index (κ3) is 6.37. The van der Waals surface area contributed by atoms with Crippen molar-refractivity contribution in [1.82, 2.24) is 15.5 Å². The van der Waals surface area contributed by atoms with Gasteiger partial charge in [0.25, 0.3) is 0 Å². The van der Waals surface area contributed by atoms with Crippen molar-refractivity contribution < 1.29 is 34.1 Å². The van der Waals surface area contributed by atoms with Gasteiger partial charge in [0.2, 0.25) is 11.8 Å². The van der Waals surface area contributed by atoms with E-state index in [1.165, 1.54) is 4.90 Å². The summed E-state index contributed by atoms with van der Waals surface area (Å²) in [5.41, 5.74) is 6.10. The topological polar surface area (TPSA) is 171 Å². The lowest BCUT2D eigenvalue weighted by molar-refractivity contribution is -0.132. The van der Waals surface area contributed by atoms with Crippen molar-refractivity contribution in [2.75, 3.05) is 6.54 Å². The molecule has 4 amide bonds. The second kappa shape index (κ2) is 11.7. The minimum Gasteiger partial charge on any atom is -0.465 e. The Morgan fingerprint density at radius 1 is 1.15 bits per heavy atom. The average Bonchev–Trinajstić information content (AvgIpc) is 3.44. The Morgan fingerprint density at radius 2 is 1.88 bits per heavy atom. The molecule has 1 saturated heterocycles. The number of carboxylic acid groups (broad SMARTS) is 1. The van der Waals surface area contributed by atoms with Gasteiger partial charge in [0.05, 0.1) is 6.04 Å². The van der Waals surface area contributed by atoms with Crippen molar-refractivity contribution in [2.24, 2.45) is 11.7 Å². The predicted octanol–water partition coefficient (Wildman–Crippen LogP) is 0.945. The molecule has 0 radical (unpaired) electrons. The molecule has 11 nitrogen and oxygen atoms in total. The van der Waals surface area contributed by atoms with Crippen molar-refractivity contribution in [3.05, 3.63) is 35.9 Å². The highest BCUT2D eigenvalue weighted by Crippen LogP contribution is 2.42. The second-order valence-electron chi connectivity index (χ2n) is 8.81. The van der Waals surface area contributed by atoms with Crippen molar-refractivity contribution in [1.29, 1.82) is 0 Å². The Bertz CT molecular complexity index is 881. The number of hydrogen-bond donors (Lipinski definition) is 5. The van der Waals surface area contributed by atoms with E-state index in [1.54, 1.807) is 0 Å². The van der Waals surface area contributed by atoms with Gasteiger partial charge in [-0.1, -0.05) is 30.3 Å². The number of ether oxygens (including phenoxy) is 1. The maximum atomic E-state index is 12.9. The molecule has 5 atom stereocenters. The highest BCUT2D eigenvalue weighted by atomic mass is 16.5. The number of aliphatic hydroxyl groups excluding tert-OH is 1. The quantitative estimate of drug-likeness (QED) is 0.296. The molecule has 2 bridgehead atoms. The number of aliphatic hydroxyl groups is 1. The summed E-state index contributed by atoms with van der Waals surface area (Å²) in [7, 11) is 0. The van der Waals surface area contributed by atoms with E-state index in [0.717, 1.165) is 18.4 Å². The number of hydrogen-bond acceptors (Lipinski definition) is 6. The van der Waals surface area contributed by atoms with Gasteiger partial charge in [-0.3, -0.25) is 14.5 Å². The van der Waals surface area contributed by atoms with Gasteiger partial charge in [0.15, 0.2) is 6.10 Å². The Labute approximate surface area is 197 Å². The van der Waals surface area contributed by atoms with E-state index in [9.17, 15) is 29.4 Å². The zero-order chi connectivity index (χ0) is 24.7. The van der Waals surface area contributed by atoms with Crippen LogP contribution in [0.1, 0.15) is 44.1 Å². The maximum Gasteiger partial charge on any atom is 0.408 e. The first-order valence-electron chi connectivity index (χ1n) is 11.5. The van der Waals surface area contributed by atoms with E-state index in [4.69, 9.17) is 10.5 Å². The molecule has 0 spiro atoms. The summed E-state index contributed by atoms with van der Waals surface area (Å²) in [4.78, 5) is 49.1. The van der Waals surface area contributed by atoms with Crippen LogP contribution < -0.4 is 16.4 Å². The van der Waals surface area contributed by atoms with E-state index >= 15 is 0 Å². The van der Waals surface area contributed by atoms with Crippen LogP contribution in [0, 0.1) is 5.92 Å². The van der Waals surface area contributed by atoms with E-state index in [2.05, 4.69) is 10.6 Å². The normalized spacial score (nSPS) is 22.6.